The van der Waals surface area contributed by atoms with E-state index in [2.05, 4.69) is 17.2 Å². The fourth-order valence-corrected chi connectivity index (χ4v) is 2.59. The third-order valence-electron chi connectivity index (χ3n) is 3.99. The molecule has 0 spiro atoms. The van der Waals surface area contributed by atoms with E-state index in [1.165, 1.54) is 19.3 Å². The van der Waals surface area contributed by atoms with Gasteiger partial charge < -0.3 is 10.2 Å². The first-order valence-electron chi connectivity index (χ1n) is 7.58. The summed E-state index contributed by atoms with van der Waals surface area (Å²) >= 11 is 0. The average molecular weight is 275 g/mol. The molecule has 4 heteroatoms. The summed E-state index contributed by atoms with van der Waals surface area (Å²) in [5, 5.41) is 3.04. The first-order chi connectivity index (χ1) is 9.63. The molecular formula is C16H25N3O. The van der Waals surface area contributed by atoms with Crippen molar-refractivity contribution in [1.29, 1.82) is 0 Å². The number of rotatable bonds is 6. The largest absolute Gasteiger partial charge is 0.373 e. The molecular weight excluding hydrogens is 250 g/mol. The molecule has 0 radical (unpaired) electrons. The summed E-state index contributed by atoms with van der Waals surface area (Å²) in [6, 6.07) is 3.78. The number of nitrogens with zero attached hydrogens (tertiary/aromatic N) is 2. The van der Waals surface area contributed by atoms with Gasteiger partial charge in [-0.25, -0.2) is 4.98 Å². The van der Waals surface area contributed by atoms with Gasteiger partial charge >= 0.3 is 0 Å². The van der Waals surface area contributed by atoms with Gasteiger partial charge in [0.1, 0.15) is 5.82 Å². The molecule has 0 unspecified atom stereocenters. The molecule has 1 amide bonds. The van der Waals surface area contributed by atoms with Gasteiger partial charge in [0.25, 0.3) is 5.91 Å². The fraction of sp³-hybridized carbons (Fsp3) is 0.625. The van der Waals surface area contributed by atoms with Gasteiger partial charge in [0, 0.05) is 31.9 Å². The smallest absolute Gasteiger partial charge is 0.253 e. The van der Waals surface area contributed by atoms with E-state index in [0.29, 0.717) is 5.92 Å². The summed E-state index contributed by atoms with van der Waals surface area (Å²) in [6.07, 6.45) is 5.77. The topological polar surface area (TPSA) is 45.2 Å². The number of carbonyl (C=O) groups excluding carboxylic acids is 1. The zero-order valence-corrected chi connectivity index (χ0v) is 12.8. The highest BCUT2D eigenvalue weighted by molar-refractivity contribution is 5.94. The van der Waals surface area contributed by atoms with Crippen LogP contribution in [0.5, 0.6) is 0 Å². The van der Waals surface area contributed by atoms with Gasteiger partial charge in [-0.2, -0.15) is 0 Å². The van der Waals surface area contributed by atoms with E-state index in [4.69, 9.17) is 0 Å². The lowest BCUT2D eigenvalue weighted by molar-refractivity contribution is 0.0745. The summed E-state index contributed by atoms with van der Waals surface area (Å²) in [4.78, 5) is 18.9. The number of nitrogens with one attached hydrogen (secondary N) is 1. The predicted molar refractivity (Wildman–Crippen MR) is 82.1 cm³/mol. The number of amides is 1. The minimum atomic E-state index is 0.105. The molecule has 1 aliphatic carbocycles. The number of carbonyl (C=O) groups is 1. The number of anilines is 1. The molecule has 0 bridgehead atoms. The van der Waals surface area contributed by atoms with Gasteiger partial charge in [0.15, 0.2) is 0 Å². The number of aryl methyl sites for hydroxylation is 1. The summed E-state index contributed by atoms with van der Waals surface area (Å²) in [7, 11) is 3.74. The normalized spacial score (nSPS) is 14.8. The summed E-state index contributed by atoms with van der Waals surface area (Å²) in [5.41, 5.74) is 1.73. The Labute approximate surface area is 121 Å². The fourth-order valence-electron chi connectivity index (χ4n) is 2.59. The maximum absolute atomic E-state index is 12.5. The first kappa shape index (κ1) is 14.8. The zero-order chi connectivity index (χ0) is 14.5. The monoisotopic (exact) mass is 275 g/mol. The molecule has 0 atom stereocenters. The molecule has 4 nitrogen and oxygen atoms in total. The van der Waals surface area contributed by atoms with Crippen molar-refractivity contribution in [3.05, 3.63) is 23.4 Å². The van der Waals surface area contributed by atoms with E-state index in [1.807, 2.05) is 31.1 Å². The molecule has 1 heterocycles. The third kappa shape index (κ3) is 3.50. The lowest BCUT2D eigenvalue weighted by Crippen LogP contribution is -2.34. The van der Waals surface area contributed by atoms with E-state index >= 15 is 0 Å². The lowest BCUT2D eigenvalue weighted by atomic mass is 9.85. The van der Waals surface area contributed by atoms with Gasteiger partial charge in [-0.15, -0.1) is 0 Å². The lowest BCUT2D eigenvalue weighted by Gasteiger charge is -2.30. The standard InChI is InChI=1S/C16H25N3O/c1-4-6-14-9-13(10-15(17-2)18-14)16(20)19(3)11-12-7-5-8-12/h9-10,12H,4-8,11H2,1-3H3,(H,17,18). The molecule has 1 aromatic rings. The Bertz CT molecular complexity index is 469. The van der Waals surface area contributed by atoms with Crippen LogP contribution in [0.3, 0.4) is 0 Å². The van der Waals surface area contributed by atoms with Crippen LogP contribution in [0.4, 0.5) is 5.82 Å². The predicted octanol–water partition coefficient (Wildman–Crippen LogP) is 2.95. The molecule has 110 valence electrons. The van der Waals surface area contributed by atoms with Gasteiger partial charge in [-0.05, 0) is 37.3 Å². The molecule has 1 saturated carbocycles. The Kier molecular flexibility index (Phi) is 4.99. The van der Waals surface area contributed by atoms with E-state index in [9.17, 15) is 4.79 Å². The summed E-state index contributed by atoms with van der Waals surface area (Å²) in [5.74, 6) is 1.58. The van der Waals surface area contributed by atoms with E-state index in [1.54, 1.807) is 0 Å². The van der Waals surface area contributed by atoms with Crippen molar-refractivity contribution in [3.63, 3.8) is 0 Å². The maximum Gasteiger partial charge on any atom is 0.253 e. The quantitative estimate of drug-likeness (QED) is 0.868. The Balaban J connectivity index is 2.12. The molecule has 2 rings (SSSR count). The molecule has 1 fully saturated rings. The van der Waals surface area contributed by atoms with Crippen LogP contribution in [0.1, 0.15) is 48.7 Å². The van der Waals surface area contributed by atoms with E-state index in [0.717, 1.165) is 36.5 Å². The van der Waals surface area contributed by atoms with E-state index < -0.39 is 0 Å². The van der Waals surface area contributed by atoms with Gasteiger partial charge in [-0.3, -0.25) is 4.79 Å². The van der Waals surface area contributed by atoms with Crippen LogP contribution < -0.4 is 5.32 Å². The van der Waals surface area contributed by atoms with Crippen molar-refractivity contribution in [2.75, 3.05) is 26.0 Å². The van der Waals surface area contributed by atoms with Crippen molar-refractivity contribution >= 4 is 11.7 Å². The second-order valence-electron chi connectivity index (χ2n) is 5.72. The molecule has 1 aromatic heterocycles. The summed E-state index contributed by atoms with van der Waals surface area (Å²) in [6.45, 7) is 3.00. The summed E-state index contributed by atoms with van der Waals surface area (Å²) < 4.78 is 0. The molecule has 0 aromatic carbocycles. The Hall–Kier alpha value is -1.58. The second-order valence-corrected chi connectivity index (χ2v) is 5.72. The first-order valence-corrected chi connectivity index (χ1v) is 7.58. The molecule has 20 heavy (non-hydrogen) atoms. The van der Waals surface area contributed by atoms with Gasteiger partial charge in [0.2, 0.25) is 0 Å². The van der Waals surface area contributed by atoms with Crippen molar-refractivity contribution in [2.24, 2.45) is 5.92 Å². The maximum atomic E-state index is 12.5. The minimum Gasteiger partial charge on any atom is -0.373 e. The van der Waals surface area contributed by atoms with Crippen LogP contribution in [0.15, 0.2) is 12.1 Å². The Morgan fingerprint density at radius 2 is 2.20 bits per heavy atom. The molecule has 1 N–H and O–H groups in total. The average Bonchev–Trinajstić information content (AvgIpc) is 2.41. The van der Waals surface area contributed by atoms with Crippen LogP contribution in [-0.2, 0) is 6.42 Å². The molecule has 0 aliphatic heterocycles. The van der Waals surface area contributed by atoms with E-state index in [-0.39, 0.29) is 5.91 Å². The van der Waals surface area contributed by atoms with Crippen LogP contribution in [-0.4, -0.2) is 36.4 Å². The molecule has 1 aliphatic rings. The van der Waals surface area contributed by atoms with Crippen LogP contribution in [0, 0.1) is 5.92 Å². The Morgan fingerprint density at radius 3 is 2.75 bits per heavy atom. The van der Waals surface area contributed by atoms with Crippen molar-refractivity contribution in [2.45, 2.75) is 39.0 Å². The zero-order valence-electron chi connectivity index (χ0n) is 12.8. The van der Waals surface area contributed by atoms with Crippen molar-refractivity contribution in [1.82, 2.24) is 9.88 Å². The van der Waals surface area contributed by atoms with Crippen LogP contribution in [0.2, 0.25) is 0 Å². The number of hydrogen-bond donors (Lipinski definition) is 1. The number of aromatic nitrogens is 1. The van der Waals surface area contributed by atoms with Crippen LogP contribution in [0.25, 0.3) is 0 Å². The highest BCUT2D eigenvalue weighted by Crippen LogP contribution is 2.27. The highest BCUT2D eigenvalue weighted by Gasteiger charge is 2.22. The highest BCUT2D eigenvalue weighted by atomic mass is 16.2. The minimum absolute atomic E-state index is 0.105. The molecule has 0 saturated heterocycles. The number of hydrogen-bond acceptors (Lipinski definition) is 3. The second kappa shape index (κ2) is 6.73. The SMILES string of the molecule is CCCc1cc(C(=O)N(C)CC2CCC2)cc(NC)n1. The van der Waals surface area contributed by atoms with Gasteiger partial charge in [0.05, 0.1) is 0 Å². The van der Waals surface area contributed by atoms with Crippen molar-refractivity contribution in [3.8, 4) is 0 Å². The third-order valence-corrected chi connectivity index (χ3v) is 3.99. The van der Waals surface area contributed by atoms with Crippen LogP contribution >= 0.6 is 0 Å². The van der Waals surface area contributed by atoms with Gasteiger partial charge in [-0.1, -0.05) is 19.8 Å². The van der Waals surface area contributed by atoms with Crippen molar-refractivity contribution < 1.29 is 4.79 Å². The Morgan fingerprint density at radius 1 is 1.45 bits per heavy atom. The number of pyridine rings is 1.